The van der Waals surface area contributed by atoms with Gasteiger partial charge in [0.1, 0.15) is 5.70 Å². The molecular formula is C12H21ClN4O. The molecular weight excluding hydrogens is 252 g/mol. The van der Waals surface area contributed by atoms with Gasteiger partial charge >= 0.3 is 0 Å². The van der Waals surface area contributed by atoms with Crippen LogP contribution in [0.2, 0.25) is 0 Å². The molecule has 0 saturated heterocycles. The van der Waals surface area contributed by atoms with Crippen LogP contribution in [0.25, 0.3) is 0 Å². The van der Waals surface area contributed by atoms with Crippen molar-refractivity contribution < 1.29 is 4.79 Å². The molecule has 1 amide bonds. The van der Waals surface area contributed by atoms with E-state index in [1.54, 1.807) is 7.05 Å². The molecule has 18 heavy (non-hydrogen) atoms. The molecule has 0 unspecified atom stereocenters. The number of likely N-dealkylation sites (N-methyl/N-ethyl adjacent to an activating group) is 1. The van der Waals surface area contributed by atoms with Crippen LogP contribution in [0.5, 0.6) is 0 Å². The van der Waals surface area contributed by atoms with Gasteiger partial charge in [-0.2, -0.15) is 0 Å². The average molecular weight is 273 g/mol. The third-order valence-corrected chi connectivity index (χ3v) is 3.38. The number of halogens is 1. The minimum Gasteiger partial charge on any atom is -0.393 e. The molecule has 1 aliphatic heterocycles. The van der Waals surface area contributed by atoms with E-state index >= 15 is 0 Å². The lowest BCUT2D eigenvalue weighted by atomic mass is 10.2. The first-order valence-electron chi connectivity index (χ1n) is 6.10. The largest absolute Gasteiger partial charge is 0.393 e. The van der Waals surface area contributed by atoms with Gasteiger partial charge in [0, 0.05) is 33.2 Å². The number of aliphatic imine (C=N–C) groups is 1. The lowest BCUT2D eigenvalue weighted by Gasteiger charge is -2.17. The predicted octanol–water partition coefficient (Wildman–Crippen LogP) is 0.650. The average Bonchev–Trinajstić information content (AvgIpc) is 2.59. The highest BCUT2D eigenvalue weighted by atomic mass is 35.5. The second kappa shape index (κ2) is 6.75. The highest BCUT2D eigenvalue weighted by molar-refractivity contribution is 6.45. The maximum Gasteiger partial charge on any atom is 0.271 e. The van der Waals surface area contributed by atoms with Crippen molar-refractivity contribution >= 4 is 23.2 Å². The van der Waals surface area contributed by atoms with Crippen LogP contribution in [0.4, 0.5) is 0 Å². The van der Waals surface area contributed by atoms with E-state index in [0.29, 0.717) is 18.8 Å². The molecule has 0 aromatic heterocycles. The predicted molar refractivity (Wildman–Crippen MR) is 74.8 cm³/mol. The zero-order chi connectivity index (χ0) is 13.7. The van der Waals surface area contributed by atoms with Crippen molar-refractivity contribution in [2.24, 2.45) is 10.7 Å². The van der Waals surface area contributed by atoms with Gasteiger partial charge in [0.15, 0.2) is 0 Å². The van der Waals surface area contributed by atoms with E-state index in [2.05, 4.69) is 9.89 Å². The van der Waals surface area contributed by atoms with Gasteiger partial charge in [-0.05, 0) is 20.4 Å². The first-order valence-corrected chi connectivity index (χ1v) is 6.48. The number of nitrogens with zero attached hydrogens (tertiary/aromatic N) is 3. The number of hydrogen-bond acceptors (Lipinski definition) is 4. The number of hydrogen-bond donors (Lipinski definition) is 1. The van der Waals surface area contributed by atoms with Crippen molar-refractivity contribution in [3.8, 4) is 0 Å². The topological polar surface area (TPSA) is 61.9 Å². The fourth-order valence-corrected chi connectivity index (χ4v) is 1.88. The monoisotopic (exact) mass is 272 g/mol. The SMILES string of the molecule is CCN(C)C(=O)/C(N)=C(\Cl)C1=NCCCN(C)C1. The minimum absolute atomic E-state index is 0.0788. The lowest BCUT2D eigenvalue weighted by Crippen LogP contribution is -2.33. The van der Waals surface area contributed by atoms with Crippen LogP contribution in [-0.4, -0.2) is 61.7 Å². The van der Waals surface area contributed by atoms with Gasteiger partial charge in [-0.3, -0.25) is 9.79 Å². The maximum absolute atomic E-state index is 11.9. The van der Waals surface area contributed by atoms with Crippen LogP contribution < -0.4 is 5.73 Å². The summed E-state index contributed by atoms with van der Waals surface area (Å²) < 4.78 is 0. The Morgan fingerprint density at radius 2 is 2.28 bits per heavy atom. The van der Waals surface area contributed by atoms with E-state index in [4.69, 9.17) is 17.3 Å². The molecule has 0 aliphatic carbocycles. The summed E-state index contributed by atoms with van der Waals surface area (Å²) in [5.41, 5.74) is 6.60. The molecule has 1 aliphatic rings. The zero-order valence-electron chi connectivity index (χ0n) is 11.2. The summed E-state index contributed by atoms with van der Waals surface area (Å²) in [5, 5.41) is 0.286. The Balaban J connectivity index is 2.92. The Morgan fingerprint density at radius 3 is 2.89 bits per heavy atom. The number of carbonyl (C=O) groups is 1. The summed E-state index contributed by atoms with van der Waals surface area (Å²) >= 11 is 6.19. The summed E-state index contributed by atoms with van der Waals surface area (Å²) in [4.78, 5) is 20.0. The molecule has 0 bridgehead atoms. The van der Waals surface area contributed by atoms with Crippen LogP contribution in [0.1, 0.15) is 13.3 Å². The molecule has 2 N–H and O–H groups in total. The second-order valence-electron chi connectivity index (χ2n) is 4.47. The van der Waals surface area contributed by atoms with E-state index in [0.717, 1.165) is 19.5 Å². The molecule has 0 radical (unpaired) electrons. The summed E-state index contributed by atoms with van der Waals surface area (Å²) in [5.74, 6) is -0.253. The van der Waals surface area contributed by atoms with Gasteiger partial charge in [0.2, 0.25) is 0 Å². The van der Waals surface area contributed by atoms with Crippen molar-refractivity contribution in [2.45, 2.75) is 13.3 Å². The fraction of sp³-hybridized carbons (Fsp3) is 0.667. The molecule has 0 spiro atoms. The third kappa shape index (κ3) is 3.71. The summed E-state index contributed by atoms with van der Waals surface area (Å²) in [6.45, 7) is 4.80. The summed E-state index contributed by atoms with van der Waals surface area (Å²) in [7, 11) is 3.70. The van der Waals surface area contributed by atoms with E-state index in [1.165, 1.54) is 4.90 Å². The molecule has 6 heteroatoms. The van der Waals surface area contributed by atoms with Crippen molar-refractivity contribution in [3.05, 3.63) is 10.7 Å². The highest BCUT2D eigenvalue weighted by Gasteiger charge is 2.19. The van der Waals surface area contributed by atoms with E-state index in [-0.39, 0.29) is 16.6 Å². The Bertz CT molecular complexity index is 378. The quantitative estimate of drug-likeness (QED) is 0.768. The first kappa shape index (κ1) is 15.0. The third-order valence-electron chi connectivity index (χ3n) is 2.96. The Hall–Kier alpha value is -1.07. The zero-order valence-corrected chi connectivity index (χ0v) is 12.0. The molecule has 0 fully saturated rings. The Morgan fingerprint density at radius 1 is 1.61 bits per heavy atom. The normalized spacial score (nSPS) is 18.8. The molecule has 1 heterocycles. The van der Waals surface area contributed by atoms with Gasteiger partial charge in [0.25, 0.3) is 5.91 Å². The molecule has 0 aromatic carbocycles. The van der Waals surface area contributed by atoms with Crippen LogP contribution >= 0.6 is 11.6 Å². The first-order chi connectivity index (χ1) is 8.47. The van der Waals surface area contributed by atoms with Gasteiger partial charge in [-0.1, -0.05) is 11.6 Å². The van der Waals surface area contributed by atoms with E-state index < -0.39 is 0 Å². The standard InChI is InChI=1S/C12H21ClN4O/c1-4-17(3)12(18)11(14)10(13)9-8-16(2)7-5-6-15-9/h4-8,14H2,1-3H3/b11-10+. The van der Waals surface area contributed by atoms with Crippen molar-refractivity contribution in [3.63, 3.8) is 0 Å². The molecule has 0 atom stereocenters. The molecule has 1 rings (SSSR count). The number of carbonyl (C=O) groups excluding carboxylic acids is 1. The van der Waals surface area contributed by atoms with E-state index in [9.17, 15) is 4.79 Å². The lowest BCUT2D eigenvalue weighted by molar-refractivity contribution is -0.125. The number of amides is 1. The van der Waals surface area contributed by atoms with Crippen LogP contribution in [-0.2, 0) is 4.79 Å². The van der Waals surface area contributed by atoms with Crippen LogP contribution in [0, 0.1) is 0 Å². The van der Waals surface area contributed by atoms with Gasteiger partial charge in [-0.15, -0.1) is 0 Å². The summed E-state index contributed by atoms with van der Waals surface area (Å²) in [6, 6.07) is 0. The van der Waals surface area contributed by atoms with Crippen LogP contribution in [0.15, 0.2) is 15.7 Å². The molecule has 0 saturated carbocycles. The molecule has 102 valence electrons. The highest BCUT2D eigenvalue weighted by Crippen LogP contribution is 2.13. The van der Waals surface area contributed by atoms with Crippen molar-refractivity contribution in [1.29, 1.82) is 0 Å². The Labute approximate surface area is 113 Å². The van der Waals surface area contributed by atoms with E-state index in [1.807, 2.05) is 14.0 Å². The second-order valence-corrected chi connectivity index (χ2v) is 4.84. The molecule has 0 aromatic rings. The maximum atomic E-state index is 11.9. The Kier molecular flexibility index (Phi) is 5.62. The summed E-state index contributed by atoms with van der Waals surface area (Å²) in [6.07, 6.45) is 0.993. The van der Waals surface area contributed by atoms with Crippen molar-refractivity contribution in [2.75, 3.05) is 40.3 Å². The van der Waals surface area contributed by atoms with Crippen molar-refractivity contribution in [1.82, 2.24) is 9.80 Å². The number of nitrogens with two attached hydrogens (primary N) is 1. The van der Waals surface area contributed by atoms with Gasteiger partial charge < -0.3 is 15.5 Å². The smallest absolute Gasteiger partial charge is 0.271 e. The molecule has 5 nitrogen and oxygen atoms in total. The van der Waals surface area contributed by atoms with Gasteiger partial charge in [-0.25, -0.2) is 0 Å². The fourth-order valence-electron chi connectivity index (χ4n) is 1.68. The number of rotatable bonds is 3. The van der Waals surface area contributed by atoms with Gasteiger partial charge in [0.05, 0.1) is 10.7 Å². The minimum atomic E-state index is -0.253. The van der Waals surface area contributed by atoms with Crippen LogP contribution in [0.3, 0.4) is 0 Å².